The van der Waals surface area contributed by atoms with Gasteiger partial charge in [0.2, 0.25) is 21.8 Å². The van der Waals surface area contributed by atoms with Gasteiger partial charge in [0.1, 0.15) is 18.3 Å². The Hall–Kier alpha value is -3.07. The lowest BCUT2D eigenvalue weighted by Crippen LogP contribution is -2.53. The fraction of sp³-hybridized carbons (Fsp3) is 0.481. The Morgan fingerprint density at radius 3 is 2.31 bits per heavy atom. The molecule has 0 aliphatic carbocycles. The Bertz CT molecular complexity index is 1140. The van der Waals surface area contributed by atoms with Crippen molar-refractivity contribution in [3.8, 4) is 5.75 Å². The predicted octanol–water partition coefficient (Wildman–Crippen LogP) is 3.75. The Morgan fingerprint density at radius 2 is 1.72 bits per heavy atom. The van der Waals surface area contributed by atoms with E-state index in [1.54, 1.807) is 31.4 Å². The van der Waals surface area contributed by atoms with Gasteiger partial charge in [0.25, 0.3) is 0 Å². The van der Waals surface area contributed by atoms with Gasteiger partial charge in [0, 0.05) is 12.6 Å². The minimum absolute atomic E-state index is 0.0516. The van der Waals surface area contributed by atoms with Crippen molar-refractivity contribution >= 4 is 27.5 Å². The average molecular weight is 518 g/mol. The summed E-state index contributed by atoms with van der Waals surface area (Å²) in [5.74, 6) is -0.0881. The SMILES string of the molecule is CCc1ccccc1N(CC(=O)N(Cc1cccc(OC)c1)[C@@H](CC)C(=O)N[C@H](C)CC)S(C)(=O)=O. The lowest BCUT2D eigenvalue weighted by Gasteiger charge is -2.33. The summed E-state index contributed by atoms with van der Waals surface area (Å²) in [5, 5.41) is 2.97. The monoisotopic (exact) mass is 517 g/mol. The summed E-state index contributed by atoms with van der Waals surface area (Å²) in [5.41, 5.74) is 2.06. The molecule has 198 valence electrons. The van der Waals surface area contributed by atoms with Gasteiger partial charge in [-0.3, -0.25) is 13.9 Å². The molecule has 0 unspecified atom stereocenters. The quantitative estimate of drug-likeness (QED) is 0.437. The molecule has 2 atom stereocenters. The molecule has 0 aromatic heterocycles. The van der Waals surface area contributed by atoms with Gasteiger partial charge in [0.15, 0.2) is 0 Å². The molecule has 0 saturated heterocycles. The van der Waals surface area contributed by atoms with Crippen LogP contribution in [0, 0.1) is 0 Å². The molecule has 9 heteroatoms. The van der Waals surface area contributed by atoms with Crippen molar-refractivity contribution in [1.82, 2.24) is 10.2 Å². The summed E-state index contributed by atoms with van der Waals surface area (Å²) in [4.78, 5) is 28.5. The Kier molecular flexibility index (Phi) is 10.8. The van der Waals surface area contributed by atoms with Crippen LogP contribution in [0.4, 0.5) is 5.69 Å². The summed E-state index contributed by atoms with van der Waals surface area (Å²) >= 11 is 0. The smallest absolute Gasteiger partial charge is 0.244 e. The zero-order valence-electron chi connectivity index (χ0n) is 22.2. The third-order valence-corrected chi connectivity index (χ3v) is 7.32. The number of hydrogen-bond donors (Lipinski definition) is 1. The molecule has 2 aromatic rings. The van der Waals surface area contributed by atoms with Gasteiger partial charge in [-0.2, -0.15) is 0 Å². The Morgan fingerprint density at radius 1 is 1.03 bits per heavy atom. The fourth-order valence-corrected chi connectivity index (χ4v) is 4.86. The van der Waals surface area contributed by atoms with E-state index in [1.807, 2.05) is 52.0 Å². The second kappa shape index (κ2) is 13.3. The molecule has 0 aliphatic heterocycles. The van der Waals surface area contributed by atoms with E-state index in [-0.39, 0.29) is 18.5 Å². The standard InChI is InChI=1S/C27H39N3O5S/c1-7-20(4)28-27(32)24(9-3)29(18-21-13-12-15-23(17-21)35-5)26(31)19-30(36(6,33)34)25-16-11-10-14-22(25)8-2/h10-17,20,24H,7-9,18-19H2,1-6H3,(H,28,32)/t20-,24+/m1/s1. The van der Waals surface area contributed by atoms with Gasteiger partial charge in [-0.15, -0.1) is 0 Å². The third kappa shape index (κ3) is 7.71. The highest BCUT2D eigenvalue weighted by atomic mass is 32.2. The minimum atomic E-state index is -3.77. The maximum Gasteiger partial charge on any atom is 0.244 e. The first-order chi connectivity index (χ1) is 17.0. The highest BCUT2D eigenvalue weighted by Crippen LogP contribution is 2.25. The second-order valence-corrected chi connectivity index (χ2v) is 10.8. The number of hydrogen-bond acceptors (Lipinski definition) is 5. The molecule has 2 rings (SSSR count). The number of nitrogens with zero attached hydrogens (tertiary/aromatic N) is 2. The highest BCUT2D eigenvalue weighted by molar-refractivity contribution is 7.92. The summed E-state index contributed by atoms with van der Waals surface area (Å²) in [6.07, 6.45) is 2.83. The fourth-order valence-electron chi connectivity index (χ4n) is 3.98. The lowest BCUT2D eigenvalue weighted by atomic mass is 10.1. The number of rotatable bonds is 13. The van der Waals surface area contributed by atoms with Crippen LogP contribution in [0.25, 0.3) is 0 Å². The van der Waals surface area contributed by atoms with Crippen molar-refractivity contribution < 1.29 is 22.7 Å². The van der Waals surface area contributed by atoms with Gasteiger partial charge in [-0.25, -0.2) is 8.42 Å². The number of anilines is 1. The molecule has 0 radical (unpaired) electrons. The number of benzene rings is 2. The van der Waals surface area contributed by atoms with Crippen molar-refractivity contribution in [2.24, 2.45) is 0 Å². The first-order valence-corrected chi connectivity index (χ1v) is 14.2. The topological polar surface area (TPSA) is 96.0 Å². The molecule has 0 fully saturated rings. The second-order valence-electron chi connectivity index (χ2n) is 8.87. The highest BCUT2D eigenvalue weighted by Gasteiger charge is 2.32. The maximum absolute atomic E-state index is 13.8. The van der Waals surface area contributed by atoms with Gasteiger partial charge < -0.3 is 15.0 Å². The van der Waals surface area contributed by atoms with Crippen LogP contribution in [0.1, 0.15) is 51.7 Å². The van der Waals surface area contributed by atoms with E-state index < -0.39 is 28.5 Å². The predicted molar refractivity (Wildman–Crippen MR) is 144 cm³/mol. The first kappa shape index (κ1) is 29.2. The molecular weight excluding hydrogens is 478 g/mol. The van der Waals surface area contributed by atoms with Gasteiger partial charge >= 0.3 is 0 Å². The van der Waals surface area contributed by atoms with E-state index in [4.69, 9.17) is 4.74 Å². The normalized spacial score (nSPS) is 12.9. The van der Waals surface area contributed by atoms with E-state index >= 15 is 0 Å². The van der Waals surface area contributed by atoms with Gasteiger partial charge in [-0.05, 0) is 55.5 Å². The van der Waals surface area contributed by atoms with E-state index in [0.717, 1.165) is 28.1 Å². The Balaban J connectivity index is 2.49. The molecule has 0 heterocycles. The maximum atomic E-state index is 13.8. The van der Waals surface area contributed by atoms with E-state index in [9.17, 15) is 18.0 Å². The molecule has 2 amide bonds. The molecule has 8 nitrogen and oxygen atoms in total. The number of sulfonamides is 1. The lowest BCUT2D eigenvalue weighted by molar-refractivity contribution is -0.140. The summed E-state index contributed by atoms with van der Waals surface area (Å²) in [6, 6.07) is 13.6. The molecule has 36 heavy (non-hydrogen) atoms. The summed E-state index contributed by atoms with van der Waals surface area (Å²) in [7, 11) is -2.21. The van der Waals surface area contributed by atoms with Crippen LogP contribution < -0.4 is 14.4 Å². The van der Waals surface area contributed by atoms with Crippen LogP contribution in [-0.2, 0) is 32.6 Å². The molecule has 0 saturated carbocycles. The van der Waals surface area contributed by atoms with Crippen LogP contribution in [0.2, 0.25) is 0 Å². The van der Waals surface area contributed by atoms with Crippen molar-refractivity contribution in [1.29, 1.82) is 0 Å². The molecular formula is C27H39N3O5S. The van der Waals surface area contributed by atoms with Crippen molar-refractivity contribution in [3.05, 3.63) is 59.7 Å². The molecule has 0 bridgehead atoms. The Labute approximate surface area is 215 Å². The van der Waals surface area contributed by atoms with Crippen molar-refractivity contribution in [3.63, 3.8) is 0 Å². The van der Waals surface area contributed by atoms with Crippen LogP contribution in [0.3, 0.4) is 0 Å². The van der Waals surface area contributed by atoms with E-state index in [2.05, 4.69) is 5.32 Å². The van der Waals surface area contributed by atoms with Gasteiger partial charge in [0.05, 0.1) is 19.1 Å². The molecule has 1 N–H and O–H groups in total. The van der Waals surface area contributed by atoms with E-state index in [1.165, 1.54) is 4.90 Å². The minimum Gasteiger partial charge on any atom is -0.497 e. The number of carbonyl (C=O) groups excluding carboxylic acids is 2. The van der Waals surface area contributed by atoms with Crippen LogP contribution in [-0.4, -0.2) is 57.1 Å². The summed E-state index contributed by atoms with van der Waals surface area (Å²) in [6.45, 7) is 7.38. The van der Waals surface area contributed by atoms with Crippen LogP contribution >= 0.6 is 0 Å². The largest absolute Gasteiger partial charge is 0.497 e. The first-order valence-electron chi connectivity index (χ1n) is 12.3. The number of para-hydroxylation sites is 1. The van der Waals surface area contributed by atoms with Crippen LogP contribution in [0.5, 0.6) is 5.75 Å². The molecule has 0 spiro atoms. The van der Waals surface area contributed by atoms with Crippen molar-refractivity contribution in [2.75, 3.05) is 24.2 Å². The average Bonchev–Trinajstić information content (AvgIpc) is 2.86. The number of aryl methyl sites for hydroxylation is 1. The molecule has 2 aromatic carbocycles. The third-order valence-electron chi connectivity index (χ3n) is 6.19. The number of carbonyl (C=O) groups is 2. The number of methoxy groups -OCH3 is 1. The number of ether oxygens (including phenoxy) is 1. The number of amides is 2. The number of nitrogens with one attached hydrogen (secondary N) is 1. The zero-order valence-corrected chi connectivity index (χ0v) is 23.0. The molecule has 0 aliphatic rings. The zero-order chi connectivity index (χ0) is 26.9. The summed E-state index contributed by atoms with van der Waals surface area (Å²) < 4.78 is 32.1. The van der Waals surface area contributed by atoms with Crippen molar-refractivity contribution in [2.45, 2.75) is 65.6 Å². The van der Waals surface area contributed by atoms with E-state index in [0.29, 0.717) is 24.3 Å². The van der Waals surface area contributed by atoms with Crippen LogP contribution in [0.15, 0.2) is 48.5 Å². The van der Waals surface area contributed by atoms with Gasteiger partial charge in [-0.1, -0.05) is 51.1 Å².